The van der Waals surface area contributed by atoms with Gasteiger partial charge >= 0.3 is 12.1 Å². The normalized spacial score (nSPS) is 14.0. The fraction of sp³-hybridized carbons (Fsp3) is 0.500. The molecule has 1 aromatic carbocycles. The van der Waals surface area contributed by atoms with Crippen molar-refractivity contribution in [3.63, 3.8) is 0 Å². The zero-order valence-electron chi connectivity index (χ0n) is 18.3. The van der Waals surface area contributed by atoms with E-state index in [0.717, 1.165) is 5.56 Å². The molecule has 9 heteroatoms. The number of esters is 1. The van der Waals surface area contributed by atoms with Crippen molar-refractivity contribution in [3.05, 3.63) is 41.2 Å². The molecule has 1 N–H and O–H groups in total. The van der Waals surface area contributed by atoms with Gasteiger partial charge in [0.2, 0.25) is 0 Å². The van der Waals surface area contributed by atoms with E-state index in [2.05, 4.69) is 5.32 Å². The number of rotatable bonds is 8. The van der Waals surface area contributed by atoms with Crippen molar-refractivity contribution < 1.29 is 33.0 Å². The Hall–Kier alpha value is -3.10. The molecule has 0 saturated carbocycles. The lowest BCUT2D eigenvalue weighted by molar-refractivity contribution is -0.143. The van der Waals surface area contributed by atoms with Crippen LogP contribution in [0.2, 0.25) is 0 Å². The summed E-state index contributed by atoms with van der Waals surface area (Å²) in [7, 11) is 0. The molecule has 0 unspecified atom stereocenters. The lowest BCUT2D eigenvalue weighted by atomic mass is 9.98. The van der Waals surface area contributed by atoms with Gasteiger partial charge in [-0.2, -0.15) is 0 Å². The molecule has 0 aliphatic carbocycles. The molecule has 0 saturated heterocycles. The van der Waals surface area contributed by atoms with Crippen molar-refractivity contribution in [2.75, 3.05) is 32.8 Å². The first-order valence-electron chi connectivity index (χ1n) is 10.1. The minimum Gasteiger partial charge on any atom is -0.489 e. The highest BCUT2D eigenvalue weighted by molar-refractivity contribution is 5.98. The summed E-state index contributed by atoms with van der Waals surface area (Å²) >= 11 is 0. The highest BCUT2D eigenvalue weighted by atomic mass is 19.1. The first-order chi connectivity index (χ1) is 14.6. The molecule has 2 rings (SSSR count). The van der Waals surface area contributed by atoms with Crippen LogP contribution in [-0.2, 0) is 20.7 Å². The summed E-state index contributed by atoms with van der Waals surface area (Å²) in [6.45, 7) is 7.36. The predicted octanol–water partition coefficient (Wildman–Crippen LogP) is 3.00. The van der Waals surface area contributed by atoms with Crippen LogP contribution in [0.5, 0.6) is 5.75 Å². The van der Waals surface area contributed by atoms with Crippen molar-refractivity contribution >= 4 is 18.0 Å². The third-order valence-corrected chi connectivity index (χ3v) is 4.31. The summed E-state index contributed by atoms with van der Waals surface area (Å²) < 4.78 is 28.8. The SMILES string of the molecule is CCOC(=O)CN1CCc2cc(OC/C(=C/F)CNC(=O)OC(C)(C)C)ccc2C1=O. The summed E-state index contributed by atoms with van der Waals surface area (Å²) in [4.78, 5) is 37.4. The minimum absolute atomic E-state index is 0.0579. The number of carbonyl (C=O) groups excluding carboxylic acids is 3. The van der Waals surface area contributed by atoms with E-state index in [1.54, 1.807) is 45.9 Å². The number of nitrogens with zero attached hydrogens (tertiary/aromatic N) is 1. The zero-order valence-corrected chi connectivity index (χ0v) is 18.3. The van der Waals surface area contributed by atoms with Crippen LogP contribution in [-0.4, -0.2) is 61.3 Å². The predicted molar refractivity (Wildman–Crippen MR) is 112 cm³/mol. The average molecular weight is 436 g/mol. The molecule has 1 aliphatic rings. The Labute approximate surface area is 181 Å². The van der Waals surface area contributed by atoms with Gasteiger partial charge in [-0.1, -0.05) is 0 Å². The zero-order chi connectivity index (χ0) is 23.0. The van der Waals surface area contributed by atoms with Gasteiger partial charge in [0.15, 0.2) is 0 Å². The summed E-state index contributed by atoms with van der Waals surface area (Å²) in [5.74, 6) is -0.210. The van der Waals surface area contributed by atoms with Gasteiger partial charge in [0.25, 0.3) is 5.91 Å². The molecule has 0 aromatic heterocycles. The second-order valence-electron chi connectivity index (χ2n) is 8.01. The quantitative estimate of drug-likeness (QED) is 0.630. The molecule has 0 atom stereocenters. The molecular weight excluding hydrogens is 407 g/mol. The van der Waals surface area contributed by atoms with Crippen LogP contribution >= 0.6 is 0 Å². The smallest absolute Gasteiger partial charge is 0.407 e. The highest BCUT2D eigenvalue weighted by Gasteiger charge is 2.26. The molecule has 31 heavy (non-hydrogen) atoms. The van der Waals surface area contributed by atoms with E-state index in [1.165, 1.54) is 4.90 Å². The van der Waals surface area contributed by atoms with Gasteiger partial charge in [-0.25, -0.2) is 9.18 Å². The largest absolute Gasteiger partial charge is 0.489 e. The second kappa shape index (κ2) is 10.8. The van der Waals surface area contributed by atoms with Gasteiger partial charge in [-0.3, -0.25) is 9.59 Å². The van der Waals surface area contributed by atoms with E-state index in [-0.39, 0.29) is 37.8 Å². The Kier molecular flexibility index (Phi) is 8.41. The van der Waals surface area contributed by atoms with Crippen molar-refractivity contribution in [1.82, 2.24) is 10.2 Å². The van der Waals surface area contributed by atoms with Gasteiger partial charge in [0.05, 0.1) is 12.9 Å². The maximum absolute atomic E-state index is 13.2. The topological polar surface area (TPSA) is 94.2 Å². The first-order valence-corrected chi connectivity index (χ1v) is 10.1. The molecule has 1 aliphatic heterocycles. The van der Waals surface area contributed by atoms with Crippen LogP contribution in [0.3, 0.4) is 0 Å². The number of nitrogens with one attached hydrogen (secondary N) is 1. The van der Waals surface area contributed by atoms with Crippen molar-refractivity contribution in [2.45, 2.75) is 39.7 Å². The molecule has 0 fully saturated rings. The van der Waals surface area contributed by atoms with Gasteiger partial charge in [-0.05, 0) is 57.9 Å². The lowest BCUT2D eigenvalue weighted by Crippen LogP contribution is -2.41. The Morgan fingerprint density at radius 3 is 2.68 bits per heavy atom. The third-order valence-electron chi connectivity index (χ3n) is 4.31. The summed E-state index contributed by atoms with van der Waals surface area (Å²) in [6, 6.07) is 4.97. The third kappa shape index (κ3) is 7.58. The van der Waals surface area contributed by atoms with Gasteiger partial charge < -0.3 is 24.4 Å². The van der Waals surface area contributed by atoms with E-state index in [4.69, 9.17) is 14.2 Å². The maximum Gasteiger partial charge on any atom is 0.407 e. The first kappa shape index (κ1) is 24.2. The number of amides is 2. The standard InChI is InChI=1S/C22H29FN2O6/c1-5-29-19(26)13-25-9-8-16-10-17(6-7-18(16)20(25)27)30-14-15(11-23)12-24-21(28)31-22(2,3)4/h6-7,10-11H,5,8-9,12-14H2,1-4H3,(H,24,28)/b15-11+. The number of fused-ring (bicyclic) bond motifs is 1. The molecule has 1 aromatic rings. The Morgan fingerprint density at radius 1 is 1.29 bits per heavy atom. The van der Waals surface area contributed by atoms with Crippen LogP contribution in [0, 0.1) is 0 Å². The fourth-order valence-electron chi connectivity index (χ4n) is 2.91. The number of carbonyl (C=O) groups is 3. The van der Waals surface area contributed by atoms with Gasteiger partial charge in [-0.15, -0.1) is 0 Å². The monoisotopic (exact) mass is 436 g/mol. The van der Waals surface area contributed by atoms with E-state index in [0.29, 0.717) is 30.6 Å². The van der Waals surface area contributed by atoms with Gasteiger partial charge in [0.1, 0.15) is 24.5 Å². The molecule has 2 amide bonds. The van der Waals surface area contributed by atoms with Crippen molar-refractivity contribution in [3.8, 4) is 5.75 Å². The van der Waals surface area contributed by atoms with Crippen LogP contribution in [0.25, 0.3) is 0 Å². The van der Waals surface area contributed by atoms with Crippen molar-refractivity contribution in [1.29, 1.82) is 0 Å². The van der Waals surface area contributed by atoms with E-state index < -0.39 is 17.7 Å². The molecule has 0 spiro atoms. The Balaban J connectivity index is 1.91. The fourth-order valence-corrected chi connectivity index (χ4v) is 2.91. The van der Waals surface area contributed by atoms with Crippen LogP contribution in [0.4, 0.5) is 9.18 Å². The molecule has 8 nitrogen and oxygen atoms in total. The van der Waals surface area contributed by atoms with E-state index in [9.17, 15) is 18.8 Å². The lowest BCUT2D eigenvalue weighted by Gasteiger charge is -2.28. The maximum atomic E-state index is 13.2. The molecule has 0 radical (unpaired) electrons. The number of ether oxygens (including phenoxy) is 3. The van der Waals surface area contributed by atoms with Crippen LogP contribution < -0.4 is 10.1 Å². The molecular formula is C22H29FN2O6. The summed E-state index contributed by atoms with van der Waals surface area (Å²) in [6.07, 6.45) is 0.294. The van der Waals surface area contributed by atoms with Crippen LogP contribution in [0.1, 0.15) is 43.6 Å². The number of hydrogen-bond acceptors (Lipinski definition) is 6. The number of hydrogen-bond donors (Lipinski definition) is 1. The highest BCUT2D eigenvalue weighted by Crippen LogP contribution is 2.24. The Morgan fingerprint density at radius 2 is 2.03 bits per heavy atom. The second-order valence-corrected chi connectivity index (χ2v) is 8.01. The minimum atomic E-state index is -0.647. The number of alkyl carbamates (subject to hydrolysis) is 1. The van der Waals surface area contributed by atoms with E-state index >= 15 is 0 Å². The van der Waals surface area contributed by atoms with E-state index in [1.807, 2.05) is 0 Å². The average Bonchev–Trinajstić information content (AvgIpc) is 2.69. The molecule has 170 valence electrons. The molecule has 1 heterocycles. The summed E-state index contributed by atoms with van der Waals surface area (Å²) in [5, 5.41) is 2.47. The summed E-state index contributed by atoms with van der Waals surface area (Å²) in [5.41, 5.74) is 0.864. The number of halogens is 1. The number of benzene rings is 1. The molecule has 0 bridgehead atoms. The van der Waals surface area contributed by atoms with Crippen LogP contribution in [0.15, 0.2) is 30.1 Å². The van der Waals surface area contributed by atoms with Crippen molar-refractivity contribution in [2.24, 2.45) is 0 Å². The Bertz CT molecular complexity index is 847. The van der Waals surface area contributed by atoms with Gasteiger partial charge in [0, 0.05) is 24.2 Å².